The minimum absolute atomic E-state index is 0.0762. The van der Waals surface area contributed by atoms with Gasteiger partial charge in [0.05, 0.1) is 11.4 Å². The molecule has 0 aliphatic carbocycles. The molecule has 0 amide bonds. The zero-order valence-electron chi connectivity index (χ0n) is 31.1. The van der Waals surface area contributed by atoms with Crippen LogP contribution in [0.5, 0.6) is 23.0 Å². The first-order valence-corrected chi connectivity index (χ1v) is 19.3. The molecule has 8 aromatic carbocycles. The van der Waals surface area contributed by atoms with Crippen LogP contribution in [-0.4, -0.2) is 6.71 Å². The van der Waals surface area contributed by atoms with Gasteiger partial charge in [-0.3, -0.25) is 0 Å². The first kappa shape index (κ1) is 32.5. The van der Waals surface area contributed by atoms with Gasteiger partial charge >= 0.3 is 0 Å². The smallest absolute Gasteiger partial charge is 0.260 e. The van der Waals surface area contributed by atoms with Crippen LogP contribution >= 0.6 is 0 Å². The molecular formula is C51H36BNO3. The molecule has 5 heteroatoms. The molecule has 0 bridgehead atoms. The number of hydrogen-bond donors (Lipinski definition) is 0. The second-order valence-corrected chi connectivity index (χ2v) is 15.1. The van der Waals surface area contributed by atoms with Crippen molar-refractivity contribution in [1.29, 1.82) is 0 Å². The van der Waals surface area contributed by atoms with Crippen LogP contribution in [0.3, 0.4) is 0 Å². The fourth-order valence-electron chi connectivity index (χ4n) is 8.59. The third kappa shape index (κ3) is 5.23. The van der Waals surface area contributed by atoms with Gasteiger partial charge in [-0.25, -0.2) is 0 Å². The second-order valence-electron chi connectivity index (χ2n) is 15.1. The number of ether oxygens (including phenoxy) is 2. The predicted octanol–water partition coefficient (Wildman–Crippen LogP) is 12.2. The number of anilines is 3. The Labute approximate surface area is 326 Å². The van der Waals surface area contributed by atoms with Crippen LogP contribution in [0, 0.1) is 0 Å². The fraction of sp³-hybridized carbons (Fsp3) is 0.0588. The molecule has 0 spiro atoms. The van der Waals surface area contributed by atoms with E-state index >= 15 is 0 Å². The predicted molar refractivity (Wildman–Crippen MR) is 231 cm³/mol. The van der Waals surface area contributed by atoms with Gasteiger partial charge in [0, 0.05) is 34.1 Å². The van der Waals surface area contributed by atoms with E-state index in [-0.39, 0.29) is 6.71 Å². The van der Waals surface area contributed by atoms with E-state index in [9.17, 15) is 0 Å². The summed E-state index contributed by atoms with van der Waals surface area (Å²) in [6, 6.07) is 62.1. The Morgan fingerprint density at radius 1 is 0.464 bits per heavy atom. The number of benzene rings is 8. The summed E-state index contributed by atoms with van der Waals surface area (Å²) in [5.74, 6) is 3.60. The van der Waals surface area contributed by atoms with Gasteiger partial charge in [0.15, 0.2) is 5.58 Å². The SMILES string of the molecule is CC(C)c1cccc(N(c2cc3c4c(c2)Oc2cc(-c5ccccc5)ccc2B4c2ccc(-c4ccccc4)cc2O3)c2cccc3c2oc2ccccc23)c1. The number of fused-ring (bicyclic) bond motifs is 7. The summed E-state index contributed by atoms with van der Waals surface area (Å²) in [4.78, 5) is 2.29. The lowest BCUT2D eigenvalue weighted by molar-refractivity contribution is 0.465. The highest BCUT2D eigenvalue weighted by Gasteiger charge is 2.41. The van der Waals surface area contributed by atoms with E-state index in [0.717, 1.165) is 101 Å². The minimum atomic E-state index is -0.0762. The molecule has 2 aliphatic heterocycles. The van der Waals surface area contributed by atoms with E-state index in [0.29, 0.717) is 5.92 Å². The molecule has 4 nitrogen and oxygen atoms in total. The molecule has 0 radical (unpaired) electrons. The van der Waals surface area contributed by atoms with E-state index in [1.807, 2.05) is 12.1 Å². The van der Waals surface area contributed by atoms with Gasteiger partial charge in [-0.05, 0) is 81.1 Å². The minimum Gasteiger partial charge on any atom is -0.458 e. The lowest BCUT2D eigenvalue weighted by Crippen LogP contribution is -2.57. The van der Waals surface area contributed by atoms with Crippen LogP contribution in [0.2, 0.25) is 0 Å². The fourth-order valence-corrected chi connectivity index (χ4v) is 8.59. The number of hydrogen-bond acceptors (Lipinski definition) is 4. The molecule has 0 fully saturated rings. The maximum Gasteiger partial charge on any atom is 0.260 e. The molecule has 9 aromatic rings. The Bertz CT molecular complexity index is 2860. The van der Waals surface area contributed by atoms with Crippen molar-refractivity contribution in [2.75, 3.05) is 4.90 Å². The highest BCUT2D eigenvalue weighted by atomic mass is 16.5. The van der Waals surface area contributed by atoms with E-state index in [2.05, 4.69) is 183 Å². The quantitative estimate of drug-likeness (QED) is 0.160. The third-order valence-electron chi connectivity index (χ3n) is 11.4. The van der Waals surface area contributed by atoms with Gasteiger partial charge in [-0.15, -0.1) is 0 Å². The van der Waals surface area contributed by atoms with E-state index < -0.39 is 0 Å². The number of rotatable bonds is 6. The summed E-state index contributed by atoms with van der Waals surface area (Å²) < 4.78 is 20.7. The van der Waals surface area contributed by atoms with Gasteiger partial charge in [-0.2, -0.15) is 0 Å². The maximum atomic E-state index is 7.02. The summed E-state index contributed by atoms with van der Waals surface area (Å²) in [6.45, 7) is 4.39. The average molecular weight is 722 g/mol. The van der Waals surface area contributed by atoms with Crippen LogP contribution in [0.4, 0.5) is 17.1 Å². The first-order valence-electron chi connectivity index (χ1n) is 19.3. The highest BCUT2D eigenvalue weighted by molar-refractivity contribution is 6.98. The summed E-state index contributed by atoms with van der Waals surface area (Å²) in [5.41, 5.74) is 13.6. The van der Waals surface area contributed by atoms with Gasteiger partial charge in [0.25, 0.3) is 6.71 Å². The van der Waals surface area contributed by atoms with Crippen molar-refractivity contribution in [2.45, 2.75) is 19.8 Å². The Balaban J connectivity index is 1.15. The molecular weight excluding hydrogens is 685 g/mol. The van der Waals surface area contributed by atoms with E-state index in [4.69, 9.17) is 13.9 Å². The topological polar surface area (TPSA) is 34.8 Å². The highest BCUT2D eigenvalue weighted by Crippen LogP contribution is 2.46. The van der Waals surface area contributed by atoms with Crippen molar-refractivity contribution in [2.24, 2.45) is 0 Å². The molecule has 266 valence electrons. The van der Waals surface area contributed by atoms with Crippen LogP contribution in [-0.2, 0) is 0 Å². The number of nitrogens with zero attached hydrogens (tertiary/aromatic N) is 1. The van der Waals surface area contributed by atoms with Crippen molar-refractivity contribution in [3.8, 4) is 45.3 Å². The molecule has 2 aliphatic rings. The zero-order valence-corrected chi connectivity index (χ0v) is 31.1. The van der Waals surface area contributed by atoms with Crippen molar-refractivity contribution in [1.82, 2.24) is 0 Å². The third-order valence-corrected chi connectivity index (χ3v) is 11.4. The normalized spacial score (nSPS) is 12.5. The molecule has 56 heavy (non-hydrogen) atoms. The van der Waals surface area contributed by atoms with Crippen LogP contribution in [0.1, 0.15) is 25.3 Å². The zero-order chi connectivity index (χ0) is 37.3. The van der Waals surface area contributed by atoms with Crippen molar-refractivity contribution in [3.05, 3.63) is 181 Å². The van der Waals surface area contributed by atoms with Gasteiger partial charge in [0.2, 0.25) is 0 Å². The van der Waals surface area contributed by atoms with Crippen molar-refractivity contribution >= 4 is 62.1 Å². The molecule has 11 rings (SSSR count). The Kier molecular flexibility index (Phi) is 7.43. The summed E-state index contributed by atoms with van der Waals surface area (Å²) in [5, 5.41) is 2.16. The second kappa shape index (κ2) is 12.8. The van der Waals surface area contributed by atoms with Gasteiger partial charge in [-0.1, -0.05) is 141 Å². The standard InChI is InChI=1S/C51H36BNO3/c1-32(2)35-17-11-18-38(27-35)53(44-21-12-20-41-40-19-9-10-22-45(40)56-51(41)44)39-30-48-50-49(31-39)55-47-29-37(34-15-7-4-8-16-34)24-26-43(47)52(50)42-25-23-36(28-46(42)54-48)33-13-5-3-6-14-33/h3-32H,1-2H3. The van der Waals surface area contributed by atoms with Crippen LogP contribution in [0.15, 0.2) is 180 Å². The van der Waals surface area contributed by atoms with Gasteiger partial charge < -0.3 is 18.8 Å². The maximum absolute atomic E-state index is 7.02. The Morgan fingerprint density at radius 3 is 1.70 bits per heavy atom. The lowest BCUT2D eigenvalue weighted by atomic mass is 9.34. The molecule has 0 atom stereocenters. The molecule has 1 aromatic heterocycles. The van der Waals surface area contributed by atoms with E-state index in [1.54, 1.807) is 0 Å². The molecule has 0 N–H and O–H groups in total. The molecule has 3 heterocycles. The number of furan rings is 1. The lowest BCUT2D eigenvalue weighted by Gasteiger charge is -2.35. The summed E-state index contributed by atoms with van der Waals surface area (Å²) >= 11 is 0. The summed E-state index contributed by atoms with van der Waals surface area (Å²) in [7, 11) is 0. The Hall–Kier alpha value is -6.98. The summed E-state index contributed by atoms with van der Waals surface area (Å²) in [6.07, 6.45) is 0. The Morgan fingerprint density at radius 2 is 1.05 bits per heavy atom. The molecule has 0 unspecified atom stereocenters. The molecule has 0 saturated heterocycles. The van der Waals surface area contributed by atoms with Crippen LogP contribution in [0.25, 0.3) is 44.2 Å². The number of para-hydroxylation sites is 2. The van der Waals surface area contributed by atoms with Crippen molar-refractivity contribution < 1.29 is 13.9 Å². The van der Waals surface area contributed by atoms with E-state index in [1.165, 1.54) is 5.56 Å². The average Bonchev–Trinajstić information content (AvgIpc) is 3.63. The largest absolute Gasteiger partial charge is 0.458 e. The van der Waals surface area contributed by atoms with Crippen molar-refractivity contribution in [3.63, 3.8) is 0 Å². The molecule has 0 saturated carbocycles. The first-order chi connectivity index (χ1) is 27.6. The monoisotopic (exact) mass is 721 g/mol. The van der Waals surface area contributed by atoms with Crippen LogP contribution < -0.4 is 30.8 Å². The van der Waals surface area contributed by atoms with Gasteiger partial charge in [0.1, 0.15) is 28.6 Å².